The predicted molar refractivity (Wildman–Crippen MR) is 52.6 cm³/mol. The molecule has 0 aromatic heterocycles. The van der Waals surface area contributed by atoms with E-state index in [1.807, 2.05) is 0 Å². The van der Waals surface area contributed by atoms with Gasteiger partial charge in [0, 0.05) is 0 Å². The SMILES string of the molecule is C1=CC2=NC3=C4C=CC=C3C24C=C1. The highest BCUT2D eigenvalue weighted by molar-refractivity contribution is 6.19. The minimum Gasteiger partial charge on any atom is -0.251 e. The van der Waals surface area contributed by atoms with Crippen molar-refractivity contribution in [2.24, 2.45) is 4.99 Å². The van der Waals surface area contributed by atoms with Gasteiger partial charge in [-0.05, 0) is 17.2 Å². The number of benzene rings is 1. The maximum atomic E-state index is 4.60. The first-order chi connectivity index (χ1) is 6.43. The Balaban J connectivity index is 2.15. The number of allylic oxidation sites excluding steroid dienone is 4. The van der Waals surface area contributed by atoms with E-state index in [4.69, 9.17) is 0 Å². The number of hydrogen-bond acceptors (Lipinski definition) is 1. The van der Waals surface area contributed by atoms with Crippen molar-refractivity contribution >= 4 is 11.4 Å². The summed E-state index contributed by atoms with van der Waals surface area (Å²) < 4.78 is 0. The molecule has 5 rings (SSSR count). The molecule has 0 atom stereocenters. The van der Waals surface area contributed by atoms with Crippen LogP contribution in [0.5, 0.6) is 0 Å². The number of para-hydroxylation sites is 1. The van der Waals surface area contributed by atoms with Gasteiger partial charge >= 0.3 is 0 Å². The molecule has 0 fully saturated rings. The minimum atomic E-state index is 0.0822. The van der Waals surface area contributed by atoms with Gasteiger partial charge in [0.15, 0.2) is 0 Å². The van der Waals surface area contributed by atoms with E-state index in [-0.39, 0.29) is 5.41 Å². The zero-order chi connectivity index (χ0) is 8.47. The van der Waals surface area contributed by atoms with Crippen molar-refractivity contribution < 1.29 is 0 Å². The van der Waals surface area contributed by atoms with Crippen LogP contribution in [0.25, 0.3) is 0 Å². The predicted octanol–water partition coefficient (Wildman–Crippen LogP) is 2.50. The summed E-state index contributed by atoms with van der Waals surface area (Å²) in [5, 5.41) is 0. The van der Waals surface area contributed by atoms with E-state index in [0.29, 0.717) is 0 Å². The summed E-state index contributed by atoms with van der Waals surface area (Å²) >= 11 is 0. The third-order valence-electron chi connectivity index (χ3n) is 3.23. The molecular formula is C12H7N. The van der Waals surface area contributed by atoms with Crippen LogP contribution in [0.1, 0.15) is 11.1 Å². The molecule has 0 amide bonds. The Morgan fingerprint density at radius 1 is 1.08 bits per heavy atom. The van der Waals surface area contributed by atoms with Crippen LogP contribution < -0.4 is 0 Å². The second kappa shape index (κ2) is 1.53. The molecule has 2 heterocycles. The Hall–Kier alpha value is -1.63. The maximum Gasteiger partial charge on any atom is 0.0849 e. The molecule has 0 radical (unpaired) electrons. The second-order valence-electron chi connectivity index (χ2n) is 3.73. The highest BCUT2D eigenvalue weighted by Gasteiger charge is 2.53. The van der Waals surface area contributed by atoms with Gasteiger partial charge in [0.2, 0.25) is 0 Å². The van der Waals surface area contributed by atoms with Gasteiger partial charge in [-0.2, -0.15) is 0 Å². The molecule has 0 saturated heterocycles. The van der Waals surface area contributed by atoms with Gasteiger partial charge < -0.3 is 0 Å². The minimum absolute atomic E-state index is 0.0822. The molecule has 0 unspecified atom stereocenters. The Bertz CT molecular complexity index is 496. The molecule has 1 heteroatoms. The van der Waals surface area contributed by atoms with E-state index in [1.54, 1.807) is 0 Å². The molecule has 4 bridgehead atoms. The average Bonchev–Trinajstić information content (AvgIpc) is 2.72. The number of nitrogens with zero attached hydrogens (tertiary/aromatic N) is 1. The molecule has 2 aliphatic heterocycles. The lowest BCUT2D eigenvalue weighted by atomic mass is 9.63. The smallest absolute Gasteiger partial charge is 0.0849 e. The van der Waals surface area contributed by atoms with Gasteiger partial charge in [0.05, 0.1) is 16.8 Å². The summed E-state index contributed by atoms with van der Waals surface area (Å²) in [5.41, 5.74) is 5.28. The zero-order valence-electron chi connectivity index (χ0n) is 6.99. The van der Waals surface area contributed by atoms with Crippen molar-refractivity contribution in [1.29, 1.82) is 0 Å². The lowest BCUT2D eigenvalue weighted by Gasteiger charge is -2.36. The summed E-state index contributed by atoms with van der Waals surface area (Å²) in [7, 11) is 0. The fourth-order valence-corrected chi connectivity index (χ4v) is 2.65. The fourth-order valence-electron chi connectivity index (χ4n) is 2.65. The van der Waals surface area contributed by atoms with Crippen molar-refractivity contribution in [3.63, 3.8) is 0 Å². The van der Waals surface area contributed by atoms with E-state index in [9.17, 15) is 0 Å². The van der Waals surface area contributed by atoms with Crippen LogP contribution in [0.4, 0.5) is 5.69 Å². The number of aliphatic imine (C=N–C) groups is 1. The molecule has 1 aromatic carbocycles. The number of rotatable bonds is 0. The molecule has 4 aliphatic rings. The van der Waals surface area contributed by atoms with E-state index < -0.39 is 0 Å². The summed E-state index contributed by atoms with van der Waals surface area (Å²) in [6.07, 6.45) is 8.56. The summed E-state index contributed by atoms with van der Waals surface area (Å²) in [6, 6.07) is 6.48. The third kappa shape index (κ3) is 0.405. The zero-order valence-corrected chi connectivity index (χ0v) is 6.99. The third-order valence-corrected chi connectivity index (χ3v) is 3.23. The summed E-state index contributed by atoms with van der Waals surface area (Å²) in [4.78, 5) is 4.60. The topological polar surface area (TPSA) is 12.4 Å². The standard InChI is InChI=1S/C12H7N/c1-2-7-12-8-4-3-5-9(12)11(8)13-10(12)6-1/h1-7H. The number of hydrogen-bond donors (Lipinski definition) is 0. The molecule has 1 aromatic rings. The highest BCUT2D eigenvalue weighted by atomic mass is 14.9. The van der Waals surface area contributed by atoms with Gasteiger partial charge in [-0.25, -0.2) is 0 Å². The van der Waals surface area contributed by atoms with Crippen LogP contribution in [-0.2, 0) is 5.41 Å². The molecule has 60 valence electrons. The second-order valence-corrected chi connectivity index (χ2v) is 3.73. The van der Waals surface area contributed by atoms with Crippen molar-refractivity contribution in [2.45, 2.75) is 5.41 Å². The Morgan fingerprint density at radius 2 is 1.92 bits per heavy atom. The van der Waals surface area contributed by atoms with E-state index in [0.717, 1.165) is 0 Å². The highest BCUT2D eigenvalue weighted by Crippen LogP contribution is 2.60. The van der Waals surface area contributed by atoms with Crippen molar-refractivity contribution in [3.8, 4) is 0 Å². The Morgan fingerprint density at radius 3 is 2.77 bits per heavy atom. The molecule has 2 aliphatic carbocycles. The Kier molecular flexibility index (Phi) is 0.698. The molecule has 1 nitrogen and oxygen atoms in total. The summed E-state index contributed by atoms with van der Waals surface area (Å²) in [6.45, 7) is 0. The quantitative estimate of drug-likeness (QED) is 0.560. The monoisotopic (exact) mass is 165 g/mol. The van der Waals surface area contributed by atoms with Gasteiger partial charge in [-0.1, -0.05) is 36.4 Å². The fraction of sp³-hybridized carbons (Fsp3) is 0.0833. The normalized spacial score (nSPS) is 22.3. The van der Waals surface area contributed by atoms with E-state index in [2.05, 4.69) is 47.5 Å². The average molecular weight is 165 g/mol. The lowest BCUT2D eigenvalue weighted by molar-refractivity contribution is 0.845. The maximum absolute atomic E-state index is 4.60. The van der Waals surface area contributed by atoms with Crippen LogP contribution in [0.15, 0.2) is 47.5 Å². The molecule has 1 spiro atoms. The van der Waals surface area contributed by atoms with Crippen LogP contribution in [-0.4, -0.2) is 5.71 Å². The van der Waals surface area contributed by atoms with E-state index >= 15 is 0 Å². The van der Waals surface area contributed by atoms with Crippen LogP contribution in [0, 0.1) is 0 Å². The van der Waals surface area contributed by atoms with Crippen LogP contribution in [0.2, 0.25) is 0 Å². The van der Waals surface area contributed by atoms with Crippen molar-refractivity contribution in [1.82, 2.24) is 0 Å². The summed E-state index contributed by atoms with van der Waals surface area (Å²) in [5.74, 6) is 0. The van der Waals surface area contributed by atoms with Gasteiger partial charge in [-0.15, -0.1) is 0 Å². The Labute approximate surface area is 76.1 Å². The lowest BCUT2D eigenvalue weighted by Crippen LogP contribution is -2.36. The molecule has 0 saturated carbocycles. The van der Waals surface area contributed by atoms with Gasteiger partial charge in [0.1, 0.15) is 0 Å². The first-order valence-corrected chi connectivity index (χ1v) is 4.52. The van der Waals surface area contributed by atoms with Crippen molar-refractivity contribution in [3.05, 3.63) is 53.6 Å². The van der Waals surface area contributed by atoms with Gasteiger partial charge in [-0.3, -0.25) is 4.99 Å². The molecule has 13 heavy (non-hydrogen) atoms. The van der Waals surface area contributed by atoms with Crippen LogP contribution in [0.3, 0.4) is 0 Å². The first-order valence-electron chi connectivity index (χ1n) is 4.52. The molecular weight excluding hydrogens is 158 g/mol. The molecule has 0 N–H and O–H groups in total. The van der Waals surface area contributed by atoms with E-state index in [1.165, 1.54) is 22.5 Å². The first kappa shape index (κ1) is 5.92. The van der Waals surface area contributed by atoms with Crippen molar-refractivity contribution in [2.75, 3.05) is 0 Å². The van der Waals surface area contributed by atoms with Crippen LogP contribution >= 0.6 is 0 Å². The largest absolute Gasteiger partial charge is 0.251 e. The van der Waals surface area contributed by atoms with Gasteiger partial charge in [0.25, 0.3) is 0 Å².